The van der Waals surface area contributed by atoms with Crippen LogP contribution < -0.4 is 10.6 Å². The topological polar surface area (TPSA) is 44.4 Å². The van der Waals surface area contributed by atoms with E-state index in [1.165, 1.54) is 25.7 Å². The summed E-state index contributed by atoms with van der Waals surface area (Å²) in [5.74, 6) is 0.757. The van der Waals surface area contributed by atoms with Crippen molar-refractivity contribution in [1.82, 2.24) is 15.5 Å². The third-order valence-electron chi connectivity index (χ3n) is 4.28. The molecule has 0 aliphatic heterocycles. The Kier molecular flexibility index (Phi) is 8.15. The molecule has 1 unspecified atom stereocenters. The maximum atomic E-state index is 11.9. The van der Waals surface area contributed by atoms with Crippen molar-refractivity contribution >= 4 is 5.91 Å². The van der Waals surface area contributed by atoms with E-state index in [1.807, 2.05) is 6.92 Å². The number of hydrogen-bond donors (Lipinski definition) is 2. The average Bonchev–Trinajstić information content (AvgIpc) is 2.91. The highest BCUT2D eigenvalue weighted by molar-refractivity contribution is 5.81. The number of nitrogens with one attached hydrogen (secondary N) is 2. The third-order valence-corrected chi connectivity index (χ3v) is 4.28. The number of amides is 1. The van der Waals surface area contributed by atoms with Gasteiger partial charge in [-0.3, -0.25) is 4.79 Å². The van der Waals surface area contributed by atoms with Crippen LogP contribution in [0.25, 0.3) is 0 Å². The first-order valence-corrected chi connectivity index (χ1v) is 8.22. The molecule has 0 saturated heterocycles. The molecule has 1 atom stereocenters. The van der Waals surface area contributed by atoms with Gasteiger partial charge in [-0.2, -0.15) is 0 Å². The SMILES string of the molecule is CC(C)CCNC(=O)C(C)NCCN(C)C1CCCC1. The van der Waals surface area contributed by atoms with Crippen LogP contribution in [0.15, 0.2) is 0 Å². The number of rotatable bonds is 9. The molecular weight excluding hydrogens is 250 g/mol. The Balaban J connectivity index is 2.09. The lowest BCUT2D eigenvalue weighted by Gasteiger charge is -2.24. The van der Waals surface area contributed by atoms with Crippen molar-refractivity contribution in [2.45, 2.75) is 65.0 Å². The van der Waals surface area contributed by atoms with Crippen LogP contribution in [0.3, 0.4) is 0 Å². The quantitative estimate of drug-likeness (QED) is 0.680. The third kappa shape index (κ3) is 6.71. The molecule has 1 amide bonds. The molecule has 0 radical (unpaired) electrons. The second-order valence-electron chi connectivity index (χ2n) is 6.57. The summed E-state index contributed by atoms with van der Waals surface area (Å²) < 4.78 is 0. The van der Waals surface area contributed by atoms with Crippen molar-refractivity contribution in [2.75, 3.05) is 26.7 Å². The van der Waals surface area contributed by atoms with Gasteiger partial charge in [-0.15, -0.1) is 0 Å². The Morgan fingerprint density at radius 1 is 1.20 bits per heavy atom. The minimum absolute atomic E-state index is 0.0980. The Labute approximate surface area is 124 Å². The molecule has 118 valence electrons. The summed E-state index contributed by atoms with van der Waals surface area (Å²) in [7, 11) is 2.20. The van der Waals surface area contributed by atoms with Crippen LogP contribution in [0.5, 0.6) is 0 Å². The summed E-state index contributed by atoms with van der Waals surface area (Å²) >= 11 is 0. The van der Waals surface area contributed by atoms with Gasteiger partial charge in [0.25, 0.3) is 0 Å². The first kappa shape index (κ1) is 17.4. The van der Waals surface area contributed by atoms with Crippen LogP contribution in [-0.4, -0.2) is 49.6 Å². The lowest BCUT2D eigenvalue weighted by atomic mass is 10.1. The molecule has 1 aliphatic carbocycles. The lowest BCUT2D eigenvalue weighted by Crippen LogP contribution is -2.45. The van der Waals surface area contributed by atoms with E-state index in [9.17, 15) is 4.79 Å². The molecule has 0 aromatic heterocycles. The summed E-state index contributed by atoms with van der Waals surface area (Å²) in [5, 5.41) is 6.31. The molecule has 0 heterocycles. The summed E-state index contributed by atoms with van der Waals surface area (Å²) in [6.45, 7) is 8.98. The summed E-state index contributed by atoms with van der Waals surface area (Å²) in [4.78, 5) is 14.3. The zero-order chi connectivity index (χ0) is 15.0. The van der Waals surface area contributed by atoms with E-state index < -0.39 is 0 Å². The summed E-state index contributed by atoms with van der Waals surface area (Å²) in [6.07, 6.45) is 6.46. The molecule has 0 spiro atoms. The van der Waals surface area contributed by atoms with E-state index in [2.05, 4.69) is 36.4 Å². The highest BCUT2D eigenvalue weighted by atomic mass is 16.2. The number of carbonyl (C=O) groups excluding carboxylic acids is 1. The molecule has 2 N–H and O–H groups in total. The number of nitrogens with zero attached hydrogens (tertiary/aromatic N) is 1. The molecule has 1 aliphatic rings. The van der Waals surface area contributed by atoms with E-state index in [-0.39, 0.29) is 11.9 Å². The summed E-state index contributed by atoms with van der Waals surface area (Å²) in [5.41, 5.74) is 0. The van der Waals surface area contributed by atoms with E-state index in [0.717, 1.165) is 32.1 Å². The fraction of sp³-hybridized carbons (Fsp3) is 0.938. The van der Waals surface area contributed by atoms with E-state index >= 15 is 0 Å². The molecular formula is C16H33N3O. The van der Waals surface area contributed by atoms with Crippen molar-refractivity contribution in [2.24, 2.45) is 5.92 Å². The number of hydrogen-bond acceptors (Lipinski definition) is 3. The van der Waals surface area contributed by atoms with Gasteiger partial charge in [-0.1, -0.05) is 26.7 Å². The van der Waals surface area contributed by atoms with Gasteiger partial charge in [-0.25, -0.2) is 0 Å². The Hall–Kier alpha value is -0.610. The largest absolute Gasteiger partial charge is 0.355 e. The Morgan fingerprint density at radius 2 is 1.85 bits per heavy atom. The van der Waals surface area contributed by atoms with Crippen LogP contribution in [0.2, 0.25) is 0 Å². The molecule has 4 nitrogen and oxygen atoms in total. The standard InChI is InChI=1S/C16H33N3O/c1-13(2)9-10-18-16(20)14(3)17-11-12-19(4)15-7-5-6-8-15/h13-15,17H,5-12H2,1-4H3,(H,18,20). The summed E-state index contributed by atoms with van der Waals surface area (Å²) in [6, 6.07) is 0.658. The zero-order valence-electron chi connectivity index (χ0n) is 13.7. The van der Waals surface area contributed by atoms with E-state index in [1.54, 1.807) is 0 Å². The van der Waals surface area contributed by atoms with Crippen LogP contribution >= 0.6 is 0 Å². The minimum atomic E-state index is -0.0980. The van der Waals surface area contributed by atoms with Crippen molar-refractivity contribution < 1.29 is 4.79 Å². The first-order valence-electron chi connectivity index (χ1n) is 8.22. The van der Waals surface area contributed by atoms with Crippen molar-refractivity contribution in [3.8, 4) is 0 Å². The van der Waals surface area contributed by atoms with Gasteiger partial charge in [-0.05, 0) is 39.2 Å². The smallest absolute Gasteiger partial charge is 0.236 e. The highest BCUT2D eigenvalue weighted by Gasteiger charge is 2.19. The monoisotopic (exact) mass is 283 g/mol. The molecule has 20 heavy (non-hydrogen) atoms. The van der Waals surface area contributed by atoms with Gasteiger partial charge in [0.05, 0.1) is 6.04 Å². The highest BCUT2D eigenvalue weighted by Crippen LogP contribution is 2.21. The van der Waals surface area contributed by atoms with Gasteiger partial charge in [0, 0.05) is 25.7 Å². The maximum Gasteiger partial charge on any atom is 0.236 e. The van der Waals surface area contributed by atoms with Crippen molar-refractivity contribution in [1.29, 1.82) is 0 Å². The predicted molar refractivity (Wildman–Crippen MR) is 84.8 cm³/mol. The lowest BCUT2D eigenvalue weighted by molar-refractivity contribution is -0.122. The number of likely N-dealkylation sites (N-methyl/N-ethyl adjacent to an activating group) is 1. The molecule has 0 bridgehead atoms. The molecule has 4 heteroatoms. The molecule has 0 aromatic rings. The van der Waals surface area contributed by atoms with Crippen molar-refractivity contribution in [3.63, 3.8) is 0 Å². The fourth-order valence-electron chi connectivity index (χ4n) is 2.71. The Bertz CT molecular complexity index is 275. The van der Waals surface area contributed by atoms with Crippen LogP contribution in [0, 0.1) is 5.92 Å². The van der Waals surface area contributed by atoms with Crippen LogP contribution in [-0.2, 0) is 4.79 Å². The van der Waals surface area contributed by atoms with Gasteiger partial charge < -0.3 is 15.5 Å². The predicted octanol–water partition coefficient (Wildman–Crippen LogP) is 2.00. The van der Waals surface area contributed by atoms with E-state index in [0.29, 0.717) is 5.92 Å². The van der Waals surface area contributed by atoms with Gasteiger partial charge in [0.2, 0.25) is 5.91 Å². The van der Waals surface area contributed by atoms with Crippen LogP contribution in [0.4, 0.5) is 0 Å². The normalized spacial score (nSPS) is 17.9. The first-order chi connectivity index (χ1) is 9.50. The van der Waals surface area contributed by atoms with E-state index in [4.69, 9.17) is 0 Å². The molecule has 0 aromatic carbocycles. The van der Waals surface area contributed by atoms with Crippen molar-refractivity contribution in [3.05, 3.63) is 0 Å². The van der Waals surface area contributed by atoms with Gasteiger partial charge in [0.1, 0.15) is 0 Å². The maximum absolute atomic E-state index is 11.9. The molecule has 1 saturated carbocycles. The average molecular weight is 283 g/mol. The molecule has 1 rings (SSSR count). The van der Waals surface area contributed by atoms with Crippen LogP contribution in [0.1, 0.15) is 52.9 Å². The Morgan fingerprint density at radius 3 is 2.45 bits per heavy atom. The van der Waals surface area contributed by atoms with Gasteiger partial charge >= 0.3 is 0 Å². The second kappa shape index (κ2) is 9.35. The number of carbonyl (C=O) groups is 1. The van der Waals surface area contributed by atoms with Gasteiger partial charge in [0.15, 0.2) is 0 Å². The minimum Gasteiger partial charge on any atom is -0.355 e. The zero-order valence-corrected chi connectivity index (χ0v) is 13.7. The fourth-order valence-corrected chi connectivity index (χ4v) is 2.71. The second-order valence-corrected chi connectivity index (χ2v) is 6.57. The molecule has 1 fully saturated rings.